The summed E-state index contributed by atoms with van der Waals surface area (Å²) in [5.74, 6) is 0.128. The normalized spacial score (nSPS) is 11.3. The molecule has 4 rings (SSSR count). The lowest BCUT2D eigenvalue weighted by molar-refractivity contribution is -0.119. The zero-order valence-corrected chi connectivity index (χ0v) is 22.1. The summed E-state index contributed by atoms with van der Waals surface area (Å²) in [5.41, 5.74) is 4.59. The minimum absolute atomic E-state index is 0.0868. The van der Waals surface area contributed by atoms with Crippen LogP contribution in [0.25, 0.3) is 0 Å². The molecule has 0 aliphatic rings. The lowest BCUT2D eigenvalue weighted by atomic mass is 10.2. The van der Waals surface area contributed by atoms with Crippen LogP contribution in [0.5, 0.6) is 5.75 Å². The van der Waals surface area contributed by atoms with Crippen LogP contribution in [-0.2, 0) is 21.4 Å². The lowest BCUT2D eigenvalue weighted by Gasteiger charge is -2.23. The van der Waals surface area contributed by atoms with Gasteiger partial charge in [0.15, 0.2) is 0 Å². The fourth-order valence-electron chi connectivity index (χ4n) is 3.38. The first-order valence-corrected chi connectivity index (χ1v) is 13.6. The Hall–Kier alpha value is -3.95. The Balaban J connectivity index is 1.39. The smallest absolute Gasteiger partial charge is 0.264 e. The molecular weight excluding hydrogens is 554 g/mol. The first-order chi connectivity index (χ1) is 17.9. The predicted molar refractivity (Wildman–Crippen MR) is 148 cm³/mol. The number of anilines is 1. The summed E-state index contributed by atoms with van der Waals surface area (Å²) in [6.07, 6.45) is 1.48. The van der Waals surface area contributed by atoms with Gasteiger partial charge in [0.2, 0.25) is 0 Å². The molecule has 9 heteroatoms. The molecule has 0 saturated heterocycles. The van der Waals surface area contributed by atoms with E-state index in [9.17, 15) is 13.2 Å². The van der Waals surface area contributed by atoms with E-state index in [2.05, 4.69) is 26.5 Å². The molecule has 4 aromatic carbocycles. The molecule has 1 amide bonds. The maximum absolute atomic E-state index is 13.3. The van der Waals surface area contributed by atoms with Gasteiger partial charge in [0.05, 0.1) is 16.8 Å². The molecular formula is C28H24BrN3O4S. The molecule has 0 unspecified atom stereocenters. The Bertz CT molecular complexity index is 1450. The lowest BCUT2D eigenvalue weighted by Crippen LogP contribution is -2.39. The van der Waals surface area contributed by atoms with Crippen molar-refractivity contribution in [3.8, 4) is 5.75 Å². The Morgan fingerprint density at radius 1 is 0.865 bits per heavy atom. The standard InChI is InChI=1S/C28H24BrN3O4S/c29-24-13-15-25(16-14-24)32(37(34,35)27-9-5-2-6-10-27)20-28(33)31-30-19-22-11-17-26(18-12-22)36-21-23-7-3-1-4-8-23/h1-19H,20-21H2,(H,31,33)/b30-19+. The summed E-state index contributed by atoms with van der Waals surface area (Å²) in [4.78, 5) is 12.8. The molecule has 0 heterocycles. The molecule has 4 aromatic rings. The van der Waals surface area contributed by atoms with Gasteiger partial charge in [-0.1, -0.05) is 64.5 Å². The fourth-order valence-corrected chi connectivity index (χ4v) is 5.08. The highest BCUT2D eigenvalue weighted by molar-refractivity contribution is 9.10. The van der Waals surface area contributed by atoms with Gasteiger partial charge in [0.1, 0.15) is 18.9 Å². The van der Waals surface area contributed by atoms with Crippen molar-refractivity contribution in [1.82, 2.24) is 5.43 Å². The Morgan fingerprint density at radius 2 is 1.49 bits per heavy atom. The van der Waals surface area contributed by atoms with Crippen LogP contribution >= 0.6 is 15.9 Å². The van der Waals surface area contributed by atoms with Crippen LogP contribution in [0.4, 0.5) is 5.69 Å². The molecule has 37 heavy (non-hydrogen) atoms. The van der Waals surface area contributed by atoms with Gasteiger partial charge in [0.25, 0.3) is 15.9 Å². The SMILES string of the molecule is O=C(CN(c1ccc(Br)cc1)S(=O)(=O)c1ccccc1)N/N=C/c1ccc(OCc2ccccc2)cc1. The minimum atomic E-state index is -3.98. The van der Waals surface area contributed by atoms with Crippen molar-refractivity contribution in [3.63, 3.8) is 0 Å². The topological polar surface area (TPSA) is 88.1 Å². The van der Waals surface area contributed by atoms with Crippen molar-refractivity contribution >= 4 is 43.8 Å². The van der Waals surface area contributed by atoms with E-state index in [0.29, 0.717) is 18.0 Å². The maximum atomic E-state index is 13.3. The average Bonchev–Trinajstić information content (AvgIpc) is 2.93. The number of halogens is 1. The van der Waals surface area contributed by atoms with Crippen LogP contribution in [-0.4, -0.2) is 27.1 Å². The maximum Gasteiger partial charge on any atom is 0.264 e. The van der Waals surface area contributed by atoms with E-state index in [1.54, 1.807) is 42.5 Å². The van der Waals surface area contributed by atoms with Crippen molar-refractivity contribution in [2.24, 2.45) is 5.10 Å². The molecule has 188 valence electrons. The Kier molecular flexibility index (Phi) is 8.71. The van der Waals surface area contributed by atoms with Gasteiger partial charge in [-0.15, -0.1) is 0 Å². The van der Waals surface area contributed by atoms with Crippen LogP contribution in [0, 0.1) is 0 Å². The van der Waals surface area contributed by atoms with Crippen LogP contribution in [0.2, 0.25) is 0 Å². The van der Waals surface area contributed by atoms with E-state index >= 15 is 0 Å². The van der Waals surface area contributed by atoms with E-state index in [1.165, 1.54) is 18.3 Å². The zero-order valence-electron chi connectivity index (χ0n) is 19.7. The second-order valence-corrected chi connectivity index (χ2v) is 10.7. The molecule has 0 aromatic heterocycles. The summed E-state index contributed by atoms with van der Waals surface area (Å²) < 4.78 is 34.2. The van der Waals surface area contributed by atoms with E-state index in [0.717, 1.165) is 19.9 Å². The van der Waals surface area contributed by atoms with Gasteiger partial charge in [-0.3, -0.25) is 9.10 Å². The van der Waals surface area contributed by atoms with Gasteiger partial charge in [0, 0.05) is 4.47 Å². The quantitative estimate of drug-likeness (QED) is 0.202. The highest BCUT2D eigenvalue weighted by Crippen LogP contribution is 2.25. The molecule has 0 fully saturated rings. The number of amides is 1. The highest BCUT2D eigenvalue weighted by Gasteiger charge is 2.27. The molecule has 0 aliphatic carbocycles. The number of nitrogens with zero attached hydrogens (tertiary/aromatic N) is 2. The van der Waals surface area contributed by atoms with Crippen molar-refractivity contribution in [1.29, 1.82) is 0 Å². The second kappa shape index (κ2) is 12.3. The second-order valence-electron chi connectivity index (χ2n) is 7.94. The number of carbonyl (C=O) groups is 1. The summed E-state index contributed by atoms with van der Waals surface area (Å²) >= 11 is 3.35. The number of ether oxygens (including phenoxy) is 1. The molecule has 0 bridgehead atoms. The van der Waals surface area contributed by atoms with Crippen molar-refractivity contribution in [2.45, 2.75) is 11.5 Å². The first-order valence-electron chi connectivity index (χ1n) is 11.3. The van der Waals surface area contributed by atoms with Crippen LogP contribution in [0.15, 0.2) is 124 Å². The third-order valence-corrected chi connectivity index (χ3v) is 7.58. The van der Waals surface area contributed by atoms with E-state index in [-0.39, 0.29) is 4.90 Å². The van der Waals surface area contributed by atoms with E-state index in [4.69, 9.17) is 4.74 Å². The molecule has 0 saturated carbocycles. The number of sulfonamides is 1. The minimum Gasteiger partial charge on any atom is -0.489 e. The number of benzene rings is 4. The number of rotatable bonds is 10. The molecule has 1 N–H and O–H groups in total. The summed E-state index contributed by atoms with van der Waals surface area (Å²) in [7, 11) is -3.98. The highest BCUT2D eigenvalue weighted by atomic mass is 79.9. The molecule has 0 spiro atoms. The third-order valence-electron chi connectivity index (χ3n) is 5.26. The zero-order chi connectivity index (χ0) is 26.1. The van der Waals surface area contributed by atoms with E-state index < -0.39 is 22.5 Å². The molecule has 7 nitrogen and oxygen atoms in total. The van der Waals surface area contributed by atoms with Gasteiger partial charge in [-0.25, -0.2) is 13.8 Å². The van der Waals surface area contributed by atoms with Gasteiger partial charge in [-0.2, -0.15) is 5.10 Å². The third kappa shape index (κ3) is 7.28. The summed E-state index contributed by atoms with van der Waals surface area (Å²) in [6.45, 7) is 0.0214. The number of hydrazone groups is 1. The van der Waals surface area contributed by atoms with Crippen LogP contribution in [0.1, 0.15) is 11.1 Å². The monoisotopic (exact) mass is 577 g/mol. The summed E-state index contributed by atoms with van der Waals surface area (Å²) in [5, 5.41) is 3.99. The average molecular weight is 578 g/mol. The molecule has 0 atom stereocenters. The van der Waals surface area contributed by atoms with Crippen molar-refractivity contribution in [3.05, 3.63) is 125 Å². The largest absolute Gasteiger partial charge is 0.489 e. The number of hydrogen-bond acceptors (Lipinski definition) is 5. The first kappa shape index (κ1) is 26.1. The van der Waals surface area contributed by atoms with Gasteiger partial charge >= 0.3 is 0 Å². The number of nitrogens with one attached hydrogen (secondary N) is 1. The number of carbonyl (C=O) groups excluding carboxylic acids is 1. The fraction of sp³-hybridized carbons (Fsp3) is 0.0714. The van der Waals surface area contributed by atoms with E-state index in [1.807, 2.05) is 54.6 Å². The van der Waals surface area contributed by atoms with Crippen molar-refractivity contribution in [2.75, 3.05) is 10.8 Å². The van der Waals surface area contributed by atoms with Gasteiger partial charge < -0.3 is 4.74 Å². The number of hydrogen-bond donors (Lipinski definition) is 1. The molecule has 0 aliphatic heterocycles. The van der Waals surface area contributed by atoms with Crippen molar-refractivity contribution < 1.29 is 17.9 Å². The Labute approximate surface area is 224 Å². The molecule has 0 radical (unpaired) electrons. The van der Waals surface area contributed by atoms with Crippen LogP contribution < -0.4 is 14.5 Å². The van der Waals surface area contributed by atoms with Crippen LogP contribution in [0.3, 0.4) is 0 Å². The van der Waals surface area contributed by atoms with Gasteiger partial charge in [-0.05, 0) is 71.8 Å². The summed E-state index contributed by atoms with van der Waals surface area (Å²) in [6, 6.07) is 31.8. The Morgan fingerprint density at radius 3 is 2.14 bits per heavy atom. The predicted octanol–water partition coefficient (Wildman–Crippen LogP) is 5.37.